The van der Waals surface area contributed by atoms with Gasteiger partial charge < -0.3 is 4.42 Å². The van der Waals surface area contributed by atoms with E-state index >= 15 is 0 Å². The lowest BCUT2D eigenvalue weighted by Gasteiger charge is -2.26. The summed E-state index contributed by atoms with van der Waals surface area (Å²) in [7, 11) is -3.02. The topological polar surface area (TPSA) is 84.9 Å². The molecular weight excluding hydrogens is 366 g/mol. The Kier molecular flexibility index (Phi) is 4.61. The van der Waals surface area contributed by atoms with Crippen molar-refractivity contribution in [3.05, 3.63) is 70.2 Å². The quantitative estimate of drug-likeness (QED) is 0.664. The molecule has 1 atom stereocenters. The van der Waals surface area contributed by atoms with Crippen molar-refractivity contribution in [2.75, 3.05) is 11.5 Å². The van der Waals surface area contributed by atoms with Crippen LogP contribution in [0.15, 0.2) is 52.0 Å². The minimum atomic E-state index is -3.02. The lowest BCUT2D eigenvalue weighted by atomic mass is 10.2. The zero-order valence-corrected chi connectivity index (χ0v) is 15.9. The number of fused-ring (bicyclic) bond motifs is 1. The van der Waals surface area contributed by atoms with Gasteiger partial charge in [-0.15, -0.1) is 0 Å². The highest BCUT2D eigenvalue weighted by Crippen LogP contribution is 2.22. The summed E-state index contributed by atoms with van der Waals surface area (Å²) in [6.07, 6.45) is 3.94. The number of sulfone groups is 1. The van der Waals surface area contributed by atoms with Gasteiger partial charge in [-0.05, 0) is 37.1 Å². The third-order valence-electron chi connectivity index (χ3n) is 4.89. The maximum absolute atomic E-state index is 12.5. The van der Waals surface area contributed by atoms with E-state index in [2.05, 4.69) is 4.98 Å². The highest BCUT2D eigenvalue weighted by Gasteiger charge is 2.33. The van der Waals surface area contributed by atoms with Gasteiger partial charge in [0.2, 0.25) is 0 Å². The molecule has 0 radical (unpaired) electrons. The average Bonchev–Trinajstić information content (AvgIpc) is 3.24. The molecule has 142 valence electrons. The van der Waals surface area contributed by atoms with Crippen LogP contribution in [0.1, 0.15) is 23.4 Å². The molecule has 1 aliphatic rings. The fourth-order valence-electron chi connectivity index (χ4n) is 3.53. The Morgan fingerprint density at radius 2 is 2.15 bits per heavy atom. The second-order valence-corrected chi connectivity index (χ2v) is 9.29. The summed E-state index contributed by atoms with van der Waals surface area (Å²) in [4.78, 5) is 19.1. The molecule has 3 aromatic rings. The summed E-state index contributed by atoms with van der Waals surface area (Å²) in [5.74, 6) is 1.08. The van der Waals surface area contributed by atoms with Crippen molar-refractivity contribution >= 4 is 15.5 Å². The average molecular weight is 387 g/mol. The number of hydrogen-bond donors (Lipinski definition) is 0. The molecule has 0 spiro atoms. The van der Waals surface area contributed by atoms with Gasteiger partial charge in [-0.1, -0.05) is 6.07 Å². The smallest absolute Gasteiger partial charge is 0.258 e. The van der Waals surface area contributed by atoms with Gasteiger partial charge in [0, 0.05) is 24.8 Å². The van der Waals surface area contributed by atoms with Gasteiger partial charge in [0.05, 0.1) is 30.0 Å². The molecule has 0 N–H and O–H groups in total. The Morgan fingerprint density at radius 3 is 2.85 bits per heavy atom. The second kappa shape index (κ2) is 6.94. The summed E-state index contributed by atoms with van der Waals surface area (Å²) in [6.45, 7) is 2.79. The monoisotopic (exact) mass is 387 g/mol. The predicted octanol–water partition coefficient (Wildman–Crippen LogP) is 1.79. The Morgan fingerprint density at radius 1 is 1.30 bits per heavy atom. The van der Waals surface area contributed by atoms with Crippen LogP contribution in [0.4, 0.5) is 0 Å². The summed E-state index contributed by atoms with van der Waals surface area (Å²) < 4.78 is 30.9. The highest BCUT2D eigenvalue weighted by atomic mass is 32.2. The van der Waals surface area contributed by atoms with Crippen molar-refractivity contribution in [2.45, 2.75) is 32.5 Å². The Labute approximate surface area is 157 Å². The lowest BCUT2D eigenvalue weighted by molar-refractivity contribution is 0.177. The van der Waals surface area contributed by atoms with Gasteiger partial charge in [-0.3, -0.25) is 14.1 Å². The molecule has 1 unspecified atom stereocenters. The van der Waals surface area contributed by atoms with Crippen molar-refractivity contribution < 1.29 is 12.8 Å². The molecule has 3 aromatic heterocycles. The van der Waals surface area contributed by atoms with E-state index in [0.717, 1.165) is 11.3 Å². The zero-order chi connectivity index (χ0) is 19.0. The molecule has 4 heterocycles. The molecule has 0 saturated carbocycles. The molecule has 0 aromatic carbocycles. The second-order valence-electron chi connectivity index (χ2n) is 7.06. The molecule has 7 nitrogen and oxygen atoms in total. The third-order valence-corrected chi connectivity index (χ3v) is 6.64. The maximum Gasteiger partial charge on any atom is 0.258 e. The normalized spacial score (nSPS) is 19.1. The maximum atomic E-state index is 12.5. The fraction of sp³-hybridized carbons (Fsp3) is 0.368. The van der Waals surface area contributed by atoms with Crippen molar-refractivity contribution in [2.24, 2.45) is 0 Å². The van der Waals surface area contributed by atoms with Crippen molar-refractivity contribution in [1.29, 1.82) is 0 Å². The third kappa shape index (κ3) is 3.96. The molecular formula is C19H21N3O4S. The zero-order valence-electron chi connectivity index (χ0n) is 15.0. The van der Waals surface area contributed by atoms with Gasteiger partial charge in [-0.25, -0.2) is 13.4 Å². The standard InChI is InChI=1S/C19H21N3O4S/c1-14-4-5-18-20-15(9-19(23)22(18)10-14)11-21(12-17-3-2-7-26-17)16-6-8-27(24,25)13-16/h2-5,7,9-10,16H,6,8,11-13H2,1H3. The number of furan rings is 1. The Hall–Kier alpha value is -2.45. The molecule has 1 fully saturated rings. The van der Waals surface area contributed by atoms with Gasteiger partial charge in [0.1, 0.15) is 11.4 Å². The SMILES string of the molecule is Cc1ccc2nc(CN(Cc3ccco3)C3CCS(=O)(=O)C3)cc(=O)n2c1. The number of hydrogen-bond acceptors (Lipinski definition) is 6. The van der Waals surface area contributed by atoms with Crippen LogP contribution in [0.5, 0.6) is 0 Å². The highest BCUT2D eigenvalue weighted by molar-refractivity contribution is 7.91. The molecule has 1 saturated heterocycles. The largest absolute Gasteiger partial charge is 0.468 e. The Balaban J connectivity index is 1.65. The molecule has 8 heteroatoms. The summed E-state index contributed by atoms with van der Waals surface area (Å²) >= 11 is 0. The lowest BCUT2D eigenvalue weighted by Crippen LogP contribution is -2.36. The first-order chi connectivity index (χ1) is 12.9. The summed E-state index contributed by atoms with van der Waals surface area (Å²) in [5.41, 5.74) is 2.05. The van der Waals surface area contributed by atoms with Crippen LogP contribution in [0.25, 0.3) is 5.65 Å². The van der Waals surface area contributed by atoms with E-state index in [1.54, 1.807) is 12.5 Å². The van der Waals surface area contributed by atoms with Crippen LogP contribution in [0, 0.1) is 6.92 Å². The van der Waals surface area contributed by atoms with E-state index in [0.29, 0.717) is 30.9 Å². The van der Waals surface area contributed by atoms with Crippen molar-refractivity contribution in [1.82, 2.24) is 14.3 Å². The van der Waals surface area contributed by atoms with E-state index in [-0.39, 0.29) is 23.1 Å². The van der Waals surface area contributed by atoms with Gasteiger partial charge in [-0.2, -0.15) is 0 Å². The molecule has 4 rings (SSSR count). The Bertz CT molecular complexity index is 1120. The number of rotatable bonds is 5. The minimum absolute atomic E-state index is 0.113. The number of pyridine rings is 1. The first kappa shape index (κ1) is 17.9. The van der Waals surface area contributed by atoms with Crippen LogP contribution in [-0.4, -0.2) is 40.2 Å². The van der Waals surface area contributed by atoms with Crippen LogP contribution in [-0.2, 0) is 22.9 Å². The van der Waals surface area contributed by atoms with Crippen molar-refractivity contribution in [3.8, 4) is 0 Å². The van der Waals surface area contributed by atoms with E-state index in [1.165, 1.54) is 10.5 Å². The number of aromatic nitrogens is 2. The van der Waals surface area contributed by atoms with Crippen LogP contribution in [0.2, 0.25) is 0 Å². The number of nitrogens with zero attached hydrogens (tertiary/aromatic N) is 3. The summed E-state index contributed by atoms with van der Waals surface area (Å²) in [6, 6.07) is 8.81. The van der Waals surface area contributed by atoms with Gasteiger partial charge in [0.15, 0.2) is 9.84 Å². The molecule has 27 heavy (non-hydrogen) atoms. The van der Waals surface area contributed by atoms with Crippen LogP contribution < -0.4 is 5.56 Å². The number of aryl methyl sites for hydroxylation is 1. The van der Waals surface area contributed by atoms with Crippen LogP contribution in [0.3, 0.4) is 0 Å². The summed E-state index contributed by atoms with van der Waals surface area (Å²) in [5, 5.41) is 0. The first-order valence-corrected chi connectivity index (χ1v) is 10.7. The van der Waals surface area contributed by atoms with E-state index < -0.39 is 9.84 Å². The van der Waals surface area contributed by atoms with E-state index in [1.807, 2.05) is 36.1 Å². The molecule has 0 bridgehead atoms. The molecule has 0 amide bonds. The minimum Gasteiger partial charge on any atom is -0.468 e. The van der Waals surface area contributed by atoms with Gasteiger partial charge in [0.25, 0.3) is 5.56 Å². The van der Waals surface area contributed by atoms with E-state index in [4.69, 9.17) is 4.42 Å². The fourth-order valence-corrected chi connectivity index (χ4v) is 5.29. The van der Waals surface area contributed by atoms with Crippen molar-refractivity contribution in [3.63, 3.8) is 0 Å². The molecule has 0 aliphatic carbocycles. The molecule has 1 aliphatic heterocycles. The first-order valence-electron chi connectivity index (χ1n) is 8.85. The van der Waals surface area contributed by atoms with Crippen LogP contribution >= 0.6 is 0 Å². The predicted molar refractivity (Wildman–Crippen MR) is 101 cm³/mol. The van der Waals surface area contributed by atoms with E-state index in [9.17, 15) is 13.2 Å². The van der Waals surface area contributed by atoms with Gasteiger partial charge >= 0.3 is 0 Å².